The van der Waals surface area contributed by atoms with Crippen molar-refractivity contribution in [3.05, 3.63) is 24.3 Å². The van der Waals surface area contributed by atoms with Crippen LogP contribution in [-0.4, -0.2) is 29.1 Å². The van der Waals surface area contributed by atoms with Crippen molar-refractivity contribution in [2.45, 2.75) is 68.7 Å². The van der Waals surface area contributed by atoms with E-state index in [4.69, 9.17) is 0 Å². The van der Waals surface area contributed by atoms with E-state index < -0.39 is 19.9 Å². The van der Waals surface area contributed by atoms with Gasteiger partial charge in [-0.3, -0.25) is 0 Å². The average Bonchev–Trinajstić information content (AvgIpc) is 2.54. The van der Waals surface area contributed by atoms with Gasteiger partial charge in [0, 0.05) is 12.3 Å². The first-order chi connectivity index (χ1) is 11.5. The maximum atomic E-state index is 12.6. The van der Waals surface area contributed by atoms with Crippen LogP contribution < -0.4 is 4.72 Å². The Labute approximate surface area is 152 Å². The van der Waals surface area contributed by atoms with E-state index in [9.17, 15) is 16.8 Å². The summed E-state index contributed by atoms with van der Waals surface area (Å²) in [6, 6.07) is 5.44. The van der Waals surface area contributed by atoms with Gasteiger partial charge in [0.25, 0.3) is 0 Å². The summed E-state index contributed by atoms with van der Waals surface area (Å²) in [5.74, 6) is 0.617. The Morgan fingerprint density at radius 3 is 2.12 bits per heavy atom. The molecule has 0 spiro atoms. The van der Waals surface area contributed by atoms with Crippen molar-refractivity contribution in [2.75, 3.05) is 6.26 Å². The molecule has 0 bridgehead atoms. The standard InChI is InChI=1S/C18H29NO4S2/c1-5-18(2,3)14-9-11-15(12-10-14)19-25(22,23)17-8-6-7-16(13-17)24(4,20)21/h6-8,13-15,19H,5,9-12H2,1-4H3. The van der Waals surface area contributed by atoms with E-state index in [1.54, 1.807) is 0 Å². The van der Waals surface area contributed by atoms with Crippen LogP contribution in [0.2, 0.25) is 0 Å². The molecule has 0 unspecified atom stereocenters. The Morgan fingerprint density at radius 2 is 1.60 bits per heavy atom. The lowest BCUT2D eigenvalue weighted by atomic mass is 9.69. The summed E-state index contributed by atoms with van der Waals surface area (Å²) in [6.07, 6.45) is 5.85. The van der Waals surface area contributed by atoms with Crippen molar-refractivity contribution in [2.24, 2.45) is 11.3 Å². The fourth-order valence-corrected chi connectivity index (χ4v) is 5.53. The number of nitrogens with one attached hydrogen (secondary N) is 1. The topological polar surface area (TPSA) is 80.3 Å². The second kappa shape index (κ2) is 7.37. The Hall–Kier alpha value is -0.920. The summed E-state index contributed by atoms with van der Waals surface area (Å²) in [5, 5.41) is 0. The first-order valence-corrected chi connectivity index (χ1v) is 12.2. The highest BCUT2D eigenvalue weighted by Gasteiger charge is 2.33. The highest BCUT2D eigenvalue weighted by molar-refractivity contribution is 7.91. The molecule has 0 atom stereocenters. The third-order valence-electron chi connectivity index (χ3n) is 5.61. The number of rotatable bonds is 6. The first kappa shape index (κ1) is 20.4. The van der Waals surface area contributed by atoms with Crippen LogP contribution in [0, 0.1) is 11.3 Å². The van der Waals surface area contributed by atoms with Gasteiger partial charge in [-0.1, -0.05) is 33.3 Å². The lowest BCUT2D eigenvalue weighted by Gasteiger charge is -2.39. The van der Waals surface area contributed by atoms with E-state index >= 15 is 0 Å². The highest BCUT2D eigenvalue weighted by Crippen LogP contribution is 2.40. The van der Waals surface area contributed by atoms with Gasteiger partial charge in [-0.25, -0.2) is 21.6 Å². The van der Waals surface area contributed by atoms with Gasteiger partial charge in [0.05, 0.1) is 9.79 Å². The molecule has 0 saturated heterocycles. The van der Waals surface area contributed by atoms with E-state index in [2.05, 4.69) is 25.5 Å². The van der Waals surface area contributed by atoms with Crippen LogP contribution in [0.3, 0.4) is 0 Å². The van der Waals surface area contributed by atoms with E-state index in [1.165, 1.54) is 24.3 Å². The average molecular weight is 388 g/mol. The molecule has 1 N–H and O–H groups in total. The first-order valence-electron chi connectivity index (χ1n) is 8.78. The number of hydrogen-bond acceptors (Lipinski definition) is 4. The number of sulfonamides is 1. The molecule has 0 aliphatic heterocycles. The molecule has 1 saturated carbocycles. The second-order valence-electron chi connectivity index (χ2n) is 7.76. The van der Waals surface area contributed by atoms with Crippen LogP contribution in [-0.2, 0) is 19.9 Å². The van der Waals surface area contributed by atoms with Gasteiger partial charge in [-0.05, 0) is 55.2 Å². The lowest BCUT2D eigenvalue weighted by molar-refractivity contribution is 0.142. The predicted molar refractivity (Wildman–Crippen MR) is 99.7 cm³/mol. The van der Waals surface area contributed by atoms with Gasteiger partial charge in [0.1, 0.15) is 0 Å². The minimum Gasteiger partial charge on any atom is -0.224 e. The van der Waals surface area contributed by atoms with E-state index in [1.807, 2.05) is 0 Å². The third kappa shape index (κ3) is 5.05. The van der Waals surface area contributed by atoms with Crippen LogP contribution in [0.4, 0.5) is 0 Å². The molecular weight excluding hydrogens is 358 g/mol. The second-order valence-corrected chi connectivity index (χ2v) is 11.5. The number of sulfone groups is 1. The van der Waals surface area contributed by atoms with Gasteiger partial charge in [-0.2, -0.15) is 0 Å². The molecule has 142 valence electrons. The molecule has 5 nitrogen and oxygen atoms in total. The summed E-state index contributed by atoms with van der Waals surface area (Å²) in [5.41, 5.74) is 0.285. The Kier molecular flexibility index (Phi) is 6.01. The summed E-state index contributed by atoms with van der Waals surface area (Å²) < 4.78 is 51.3. The Balaban J connectivity index is 2.08. The predicted octanol–water partition coefficient (Wildman–Crippen LogP) is 3.36. The maximum absolute atomic E-state index is 12.6. The zero-order chi connectivity index (χ0) is 18.9. The normalized spacial score (nSPS) is 22.7. The smallest absolute Gasteiger partial charge is 0.224 e. The highest BCUT2D eigenvalue weighted by atomic mass is 32.2. The van der Waals surface area contributed by atoms with Crippen molar-refractivity contribution < 1.29 is 16.8 Å². The molecular formula is C18H29NO4S2. The molecule has 0 heterocycles. The van der Waals surface area contributed by atoms with Crippen molar-refractivity contribution in [3.63, 3.8) is 0 Å². The van der Waals surface area contributed by atoms with Gasteiger partial charge >= 0.3 is 0 Å². The van der Waals surface area contributed by atoms with E-state index in [0.29, 0.717) is 5.92 Å². The SMILES string of the molecule is CCC(C)(C)C1CCC(NS(=O)(=O)c2cccc(S(C)(=O)=O)c2)CC1. The van der Waals surface area contributed by atoms with Crippen LogP contribution in [0.1, 0.15) is 52.9 Å². The van der Waals surface area contributed by atoms with Crippen molar-refractivity contribution >= 4 is 19.9 Å². The zero-order valence-corrected chi connectivity index (χ0v) is 17.1. The quantitative estimate of drug-likeness (QED) is 0.811. The molecule has 25 heavy (non-hydrogen) atoms. The molecule has 1 fully saturated rings. The monoisotopic (exact) mass is 387 g/mol. The van der Waals surface area contributed by atoms with Gasteiger partial charge in [-0.15, -0.1) is 0 Å². The molecule has 7 heteroatoms. The summed E-state index contributed by atoms with van der Waals surface area (Å²) in [4.78, 5) is 0.0233. The Bertz CT molecular complexity index is 805. The van der Waals surface area contributed by atoms with Gasteiger partial charge in [0.15, 0.2) is 9.84 Å². The van der Waals surface area contributed by atoms with Crippen molar-refractivity contribution in [1.82, 2.24) is 4.72 Å². The summed E-state index contributed by atoms with van der Waals surface area (Å²) in [7, 11) is -7.15. The van der Waals surface area contributed by atoms with Crippen molar-refractivity contribution in [1.29, 1.82) is 0 Å². The Morgan fingerprint density at radius 1 is 1.04 bits per heavy atom. The molecule has 1 aliphatic rings. The minimum absolute atomic E-state index is 0.00596. The van der Waals surface area contributed by atoms with Crippen LogP contribution in [0.15, 0.2) is 34.1 Å². The lowest BCUT2D eigenvalue weighted by Crippen LogP contribution is -2.39. The zero-order valence-electron chi connectivity index (χ0n) is 15.4. The molecule has 0 aromatic heterocycles. The van der Waals surface area contributed by atoms with Crippen LogP contribution >= 0.6 is 0 Å². The van der Waals surface area contributed by atoms with Crippen LogP contribution in [0.5, 0.6) is 0 Å². The third-order valence-corrected chi connectivity index (χ3v) is 8.24. The largest absolute Gasteiger partial charge is 0.240 e. The molecule has 1 aromatic carbocycles. The number of benzene rings is 1. The fourth-order valence-electron chi connectivity index (χ4n) is 3.44. The number of hydrogen-bond donors (Lipinski definition) is 1. The molecule has 1 aliphatic carbocycles. The fraction of sp³-hybridized carbons (Fsp3) is 0.667. The van der Waals surface area contributed by atoms with Gasteiger partial charge < -0.3 is 0 Å². The molecule has 1 aromatic rings. The van der Waals surface area contributed by atoms with E-state index in [-0.39, 0.29) is 21.2 Å². The van der Waals surface area contributed by atoms with Crippen LogP contribution in [0.25, 0.3) is 0 Å². The summed E-state index contributed by atoms with van der Waals surface area (Å²) >= 11 is 0. The summed E-state index contributed by atoms with van der Waals surface area (Å²) in [6.45, 7) is 6.75. The van der Waals surface area contributed by atoms with Gasteiger partial charge in [0.2, 0.25) is 10.0 Å². The molecule has 0 amide bonds. The minimum atomic E-state index is -3.72. The maximum Gasteiger partial charge on any atom is 0.240 e. The molecule has 2 rings (SSSR count). The van der Waals surface area contributed by atoms with Crippen molar-refractivity contribution in [3.8, 4) is 0 Å². The molecule has 0 radical (unpaired) electrons. The van der Waals surface area contributed by atoms with E-state index in [0.717, 1.165) is 38.4 Å².